The monoisotopic (exact) mass is 344 g/mol. The molecule has 2 rings (SSSR count). The Balaban J connectivity index is 1.82. The van der Waals surface area contributed by atoms with Crippen molar-refractivity contribution >= 4 is 24.2 Å². The van der Waals surface area contributed by atoms with Crippen LogP contribution in [0, 0.1) is 22.7 Å². The van der Waals surface area contributed by atoms with E-state index < -0.39 is 11.8 Å². The first kappa shape index (κ1) is 18.0. The lowest BCUT2D eigenvalue weighted by Gasteiger charge is -1.98. The summed E-state index contributed by atoms with van der Waals surface area (Å²) in [6, 6.07) is 17.0. The third kappa shape index (κ3) is 5.41. The Kier molecular flexibility index (Phi) is 6.32. The second-order valence-corrected chi connectivity index (χ2v) is 4.87. The Hall–Kier alpha value is -4.30. The number of nitriles is 2. The molecule has 8 heteroatoms. The summed E-state index contributed by atoms with van der Waals surface area (Å²) >= 11 is 0. The summed E-state index contributed by atoms with van der Waals surface area (Å²) in [5, 5.41) is 24.7. The Morgan fingerprint density at radius 2 is 1.08 bits per heavy atom. The first-order valence-corrected chi connectivity index (χ1v) is 7.29. The molecule has 2 aromatic rings. The predicted octanol–water partition coefficient (Wildman–Crippen LogP) is 1.03. The van der Waals surface area contributed by atoms with Crippen molar-refractivity contribution in [3.63, 3.8) is 0 Å². The van der Waals surface area contributed by atoms with Gasteiger partial charge in [0.05, 0.1) is 35.7 Å². The lowest BCUT2D eigenvalue weighted by Crippen LogP contribution is -2.35. The van der Waals surface area contributed by atoms with Crippen LogP contribution in [0.2, 0.25) is 0 Å². The van der Waals surface area contributed by atoms with Crippen LogP contribution >= 0.6 is 0 Å². The van der Waals surface area contributed by atoms with E-state index in [1.54, 1.807) is 48.5 Å². The van der Waals surface area contributed by atoms with Crippen molar-refractivity contribution in [2.75, 3.05) is 0 Å². The molecule has 0 heterocycles. The maximum Gasteiger partial charge on any atom is 0.331 e. The molecule has 0 aliphatic carbocycles. The molecule has 0 aliphatic heterocycles. The summed E-state index contributed by atoms with van der Waals surface area (Å²) in [5.74, 6) is -1.96. The van der Waals surface area contributed by atoms with Crippen LogP contribution in [0.25, 0.3) is 0 Å². The van der Waals surface area contributed by atoms with Crippen molar-refractivity contribution in [3.05, 3.63) is 70.8 Å². The maximum absolute atomic E-state index is 11.6. The number of nitrogens with zero attached hydrogens (tertiary/aromatic N) is 4. The number of nitrogens with one attached hydrogen (secondary N) is 2. The van der Waals surface area contributed by atoms with Crippen LogP contribution in [0.4, 0.5) is 0 Å². The minimum atomic E-state index is -0.980. The molecule has 126 valence electrons. The summed E-state index contributed by atoms with van der Waals surface area (Å²) in [5.41, 5.74) is 6.46. The molecule has 2 aromatic carbocycles. The van der Waals surface area contributed by atoms with Gasteiger partial charge in [-0.25, -0.2) is 10.9 Å². The van der Waals surface area contributed by atoms with Crippen LogP contribution in [0.3, 0.4) is 0 Å². The summed E-state index contributed by atoms with van der Waals surface area (Å²) < 4.78 is 0. The van der Waals surface area contributed by atoms with E-state index >= 15 is 0 Å². The molecule has 0 radical (unpaired) electrons. The third-order valence-electron chi connectivity index (χ3n) is 3.05. The lowest BCUT2D eigenvalue weighted by molar-refractivity contribution is -0.139. The Bertz CT molecular complexity index is 852. The number of hydrogen-bond donors (Lipinski definition) is 2. The van der Waals surface area contributed by atoms with Crippen LogP contribution in [-0.2, 0) is 9.59 Å². The molecule has 2 amide bonds. The summed E-state index contributed by atoms with van der Waals surface area (Å²) in [4.78, 5) is 23.1. The molecule has 8 nitrogen and oxygen atoms in total. The van der Waals surface area contributed by atoms with Crippen molar-refractivity contribution in [1.29, 1.82) is 10.5 Å². The molecule has 0 unspecified atom stereocenters. The molecule has 0 aliphatic rings. The van der Waals surface area contributed by atoms with E-state index in [9.17, 15) is 9.59 Å². The molecule has 0 bridgehead atoms. The lowest BCUT2D eigenvalue weighted by atomic mass is 10.2. The molecule has 0 atom stereocenters. The highest BCUT2D eigenvalue weighted by Crippen LogP contribution is 2.01. The van der Waals surface area contributed by atoms with Gasteiger partial charge in [-0.2, -0.15) is 20.7 Å². The van der Waals surface area contributed by atoms with Crippen LogP contribution in [0.1, 0.15) is 22.3 Å². The van der Waals surface area contributed by atoms with Crippen molar-refractivity contribution in [2.24, 2.45) is 10.2 Å². The number of carbonyl (C=O) groups excluding carboxylic acids is 2. The van der Waals surface area contributed by atoms with Gasteiger partial charge in [0.1, 0.15) is 0 Å². The van der Waals surface area contributed by atoms with Gasteiger partial charge in [0.25, 0.3) is 0 Å². The number of carbonyl (C=O) groups is 2. The Morgan fingerprint density at radius 1 is 0.731 bits per heavy atom. The SMILES string of the molecule is N#Cc1ccc(C=NNC(=O)C(=O)NN=Cc2ccc(C#N)cc2)cc1. The smallest absolute Gasteiger partial charge is 0.262 e. The zero-order valence-electron chi connectivity index (χ0n) is 13.4. The largest absolute Gasteiger partial charge is 0.331 e. The summed E-state index contributed by atoms with van der Waals surface area (Å²) in [7, 11) is 0. The van der Waals surface area contributed by atoms with Gasteiger partial charge in [0.15, 0.2) is 0 Å². The third-order valence-corrected chi connectivity index (χ3v) is 3.05. The van der Waals surface area contributed by atoms with Crippen LogP contribution in [0.5, 0.6) is 0 Å². The molecule has 0 spiro atoms. The molecule has 2 N–H and O–H groups in total. The molecular weight excluding hydrogens is 332 g/mol. The van der Waals surface area contributed by atoms with Gasteiger partial charge in [-0.3, -0.25) is 9.59 Å². The zero-order chi connectivity index (χ0) is 18.8. The number of hydrogen-bond acceptors (Lipinski definition) is 6. The van der Waals surface area contributed by atoms with E-state index in [1.807, 2.05) is 12.1 Å². The highest BCUT2D eigenvalue weighted by molar-refractivity contribution is 6.35. The average Bonchev–Trinajstić information content (AvgIpc) is 2.68. The molecule has 0 saturated carbocycles. The van der Waals surface area contributed by atoms with Gasteiger partial charge < -0.3 is 0 Å². The normalized spacial score (nSPS) is 10.2. The molecule has 0 fully saturated rings. The summed E-state index contributed by atoms with van der Waals surface area (Å²) in [6.07, 6.45) is 2.68. The van der Waals surface area contributed by atoms with Gasteiger partial charge in [-0.1, -0.05) is 24.3 Å². The second kappa shape index (κ2) is 9.11. The molecule has 0 aromatic heterocycles. The summed E-state index contributed by atoms with van der Waals surface area (Å²) in [6.45, 7) is 0. The van der Waals surface area contributed by atoms with Crippen LogP contribution < -0.4 is 10.9 Å². The van der Waals surface area contributed by atoms with Crippen molar-refractivity contribution in [3.8, 4) is 12.1 Å². The minimum Gasteiger partial charge on any atom is -0.262 e. The Morgan fingerprint density at radius 3 is 1.38 bits per heavy atom. The molecular formula is C18H12N6O2. The topological polar surface area (TPSA) is 130 Å². The van der Waals surface area contributed by atoms with E-state index in [2.05, 4.69) is 21.1 Å². The number of benzene rings is 2. The van der Waals surface area contributed by atoms with E-state index in [0.717, 1.165) is 0 Å². The van der Waals surface area contributed by atoms with E-state index in [1.165, 1.54) is 12.4 Å². The number of rotatable bonds is 4. The number of amides is 2. The average molecular weight is 344 g/mol. The van der Waals surface area contributed by atoms with Gasteiger partial charge in [0.2, 0.25) is 0 Å². The van der Waals surface area contributed by atoms with Crippen LogP contribution in [0.15, 0.2) is 58.7 Å². The highest BCUT2D eigenvalue weighted by Gasteiger charge is 2.10. The second-order valence-electron chi connectivity index (χ2n) is 4.87. The first-order chi connectivity index (χ1) is 12.6. The minimum absolute atomic E-state index is 0.505. The van der Waals surface area contributed by atoms with E-state index in [4.69, 9.17) is 10.5 Å². The van der Waals surface area contributed by atoms with Crippen molar-refractivity contribution in [1.82, 2.24) is 10.9 Å². The maximum atomic E-state index is 11.6. The van der Waals surface area contributed by atoms with E-state index in [-0.39, 0.29) is 0 Å². The standard InChI is InChI=1S/C18H12N6O2/c19-9-13-1-5-15(6-2-13)11-21-23-17(25)18(26)24-22-12-16-7-3-14(10-20)4-8-16/h1-8,11-12H,(H,23,25)(H,24,26). The fourth-order valence-corrected chi connectivity index (χ4v) is 1.72. The quantitative estimate of drug-likeness (QED) is 0.487. The zero-order valence-corrected chi connectivity index (χ0v) is 13.4. The van der Waals surface area contributed by atoms with Gasteiger partial charge in [-0.05, 0) is 35.4 Å². The van der Waals surface area contributed by atoms with Gasteiger partial charge >= 0.3 is 11.8 Å². The van der Waals surface area contributed by atoms with Gasteiger partial charge in [-0.15, -0.1) is 0 Å². The number of hydrazone groups is 2. The van der Waals surface area contributed by atoms with Crippen molar-refractivity contribution < 1.29 is 9.59 Å². The van der Waals surface area contributed by atoms with E-state index in [0.29, 0.717) is 22.3 Å². The van der Waals surface area contributed by atoms with Crippen LogP contribution in [-0.4, -0.2) is 24.2 Å². The van der Waals surface area contributed by atoms with Crippen molar-refractivity contribution in [2.45, 2.75) is 0 Å². The molecule has 26 heavy (non-hydrogen) atoms. The Labute approximate surface area is 149 Å². The fourth-order valence-electron chi connectivity index (χ4n) is 1.72. The predicted molar refractivity (Wildman–Crippen MR) is 93.8 cm³/mol. The van der Waals surface area contributed by atoms with Gasteiger partial charge in [0, 0.05) is 0 Å². The molecule has 0 saturated heterocycles. The first-order valence-electron chi connectivity index (χ1n) is 7.29. The fraction of sp³-hybridized carbons (Fsp3) is 0. The highest BCUT2D eigenvalue weighted by atomic mass is 16.2.